The minimum absolute atomic E-state index is 0.0155. The van der Waals surface area contributed by atoms with E-state index in [1.165, 1.54) is 25.6 Å². The molecule has 0 amide bonds. The van der Waals surface area contributed by atoms with E-state index in [-0.39, 0.29) is 33.1 Å². The fourth-order valence-corrected chi connectivity index (χ4v) is 3.87. The topological polar surface area (TPSA) is 99.6 Å². The van der Waals surface area contributed by atoms with Gasteiger partial charge in [-0.15, -0.1) is 0 Å². The first-order chi connectivity index (χ1) is 14.9. The monoisotopic (exact) mass is 481 g/mol. The number of sulfonamides is 1. The van der Waals surface area contributed by atoms with Crippen molar-refractivity contribution < 1.29 is 22.6 Å². The molecule has 31 heavy (non-hydrogen) atoms. The van der Waals surface area contributed by atoms with Crippen LogP contribution in [0.5, 0.6) is 23.1 Å². The van der Waals surface area contributed by atoms with E-state index in [0.29, 0.717) is 18.1 Å². The minimum Gasteiger partial charge on any atom is -0.497 e. The second-order valence-electron chi connectivity index (χ2n) is 6.01. The predicted molar refractivity (Wildman–Crippen MR) is 121 cm³/mol. The van der Waals surface area contributed by atoms with E-state index < -0.39 is 10.0 Å². The molecule has 0 spiro atoms. The van der Waals surface area contributed by atoms with Gasteiger partial charge < -0.3 is 14.2 Å². The Bertz CT molecular complexity index is 1130. The number of halogens is 1. The number of aromatic nitrogens is 2. The van der Waals surface area contributed by atoms with E-state index in [0.717, 1.165) is 0 Å². The molecule has 0 aliphatic carbocycles. The molecule has 8 nitrogen and oxygen atoms in total. The van der Waals surface area contributed by atoms with E-state index in [9.17, 15) is 8.42 Å². The lowest BCUT2D eigenvalue weighted by Gasteiger charge is -2.16. The standard InChI is InChI=1S/C20H20ClN3O5S2/c1-27-14-8-9-16(21)17(12-14)29-18-19(22-13-23-20(18)28-10-11-30-2)24-31(25,26)15-6-4-3-5-7-15/h3-9,12-13H,10-11H2,1-2H3,(H,22,23,24). The highest BCUT2D eigenvalue weighted by Gasteiger charge is 2.23. The largest absolute Gasteiger partial charge is 0.497 e. The lowest BCUT2D eigenvalue weighted by Crippen LogP contribution is -2.15. The quantitative estimate of drug-likeness (QED) is 0.423. The molecule has 1 heterocycles. The van der Waals surface area contributed by atoms with E-state index in [4.69, 9.17) is 25.8 Å². The molecule has 0 fully saturated rings. The third-order valence-electron chi connectivity index (χ3n) is 3.93. The van der Waals surface area contributed by atoms with Gasteiger partial charge in [0.2, 0.25) is 5.75 Å². The molecule has 0 aliphatic heterocycles. The van der Waals surface area contributed by atoms with Crippen LogP contribution in [0.2, 0.25) is 5.02 Å². The van der Waals surface area contributed by atoms with Crippen LogP contribution in [-0.2, 0) is 10.0 Å². The number of nitrogens with one attached hydrogen (secondary N) is 1. The van der Waals surface area contributed by atoms with Gasteiger partial charge in [-0.3, -0.25) is 4.72 Å². The maximum absolute atomic E-state index is 12.8. The minimum atomic E-state index is -3.93. The molecule has 1 aromatic heterocycles. The number of benzene rings is 2. The molecule has 0 bridgehead atoms. The van der Waals surface area contributed by atoms with Gasteiger partial charge in [0.15, 0.2) is 5.82 Å². The lowest BCUT2D eigenvalue weighted by molar-refractivity contribution is 0.310. The van der Waals surface area contributed by atoms with Crippen LogP contribution < -0.4 is 18.9 Å². The fourth-order valence-electron chi connectivity index (χ4n) is 2.43. The Kier molecular flexibility index (Phi) is 7.83. The Morgan fingerprint density at radius 3 is 2.61 bits per heavy atom. The van der Waals surface area contributed by atoms with E-state index in [1.54, 1.807) is 48.2 Å². The smallest absolute Gasteiger partial charge is 0.263 e. The zero-order valence-electron chi connectivity index (χ0n) is 16.7. The summed E-state index contributed by atoms with van der Waals surface area (Å²) in [6.07, 6.45) is 3.13. The molecule has 3 aromatic rings. The first-order valence-corrected chi connectivity index (χ1v) is 12.3. The molecule has 3 rings (SSSR count). The molecule has 1 N–H and O–H groups in total. The van der Waals surface area contributed by atoms with E-state index in [1.807, 2.05) is 6.26 Å². The third-order valence-corrected chi connectivity index (χ3v) is 6.17. The van der Waals surface area contributed by atoms with E-state index in [2.05, 4.69) is 14.7 Å². The van der Waals surface area contributed by atoms with Crippen LogP contribution in [0.1, 0.15) is 0 Å². The molecule has 0 radical (unpaired) electrons. The number of ether oxygens (including phenoxy) is 3. The van der Waals surface area contributed by atoms with Crippen LogP contribution in [0.15, 0.2) is 59.8 Å². The van der Waals surface area contributed by atoms with Gasteiger partial charge in [0.05, 0.1) is 23.6 Å². The summed E-state index contributed by atoms with van der Waals surface area (Å²) in [5, 5.41) is 0.289. The van der Waals surface area contributed by atoms with Gasteiger partial charge in [-0.2, -0.15) is 16.7 Å². The highest BCUT2D eigenvalue weighted by molar-refractivity contribution is 7.98. The maximum atomic E-state index is 12.8. The van der Waals surface area contributed by atoms with Gasteiger partial charge in [0, 0.05) is 11.8 Å². The number of nitrogens with zero attached hydrogens (tertiary/aromatic N) is 2. The van der Waals surface area contributed by atoms with Gasteiger partial charge >= 0.3 is 0 Å². The van der Waals surface area contributed by atoms with Crippen LogP contribution >= 0.6 is 23.4 Å². The van der Waals surface area contributed by atoms with Crippen molar-refractivity contribution in [2.45, 2.75) is 4.90 Å². The van der Waals surface area contributed by atoms with Crippen molar-refractivity contribution >= 4 is 39.2 Å². The number of hydrogen-bond donors (Lipinski definition) is 1. The summed E-state index contributed by atoms with van der Waals surface area (Å²) in [6, 6.07) is 12.7. The number of methoxy groups -OCH3 is 1. The van der Waals surface area contributed by atoms with Gasteiger partial charge in [0.1, 0.15) is 17.8 Å². The van der Waals surface area contributed by atoms with Crippen molar-refractivity contribution in [3.63, 3.8) is 0 Å². The summed E-state index contributed by atoms with van der Waals surface area (Å²) in [7, 11) is -2.42. The Hall–Kier alpha value is -2.69. The van der Waals surface area contributed by atoms with Crippen molar-refractivity contribution in [1.82, 2.24) is 9.97 Å². The molecular weight excluding hydrogens is 462 g/mol. The zero-order valence-corrected chi connectivity index (χ0v) is 19.1. The molecule has 164 valence electrons. The average molecular weight is 482 g/mol. The van der Waals surface area contributed by atoms with Gasteiger partial charge in [-0.1, -0.05) is 29.8 Å². The maximum Gasteiger partial charge on any atom is 0.263 e. The average Bonchev–Trinajstić information content (AvgIpc) is 2.77. The van der Waals surface area contributed by atoms with Gasteiger partial charge in [-0.05, 0) is 30.5 Å². The summed E-state index contributed by atoms with van der Waals surface area (Å²) >= 11 is 7.85. The van der Waals surface area contributed by atoms with E-state index >= 15 is 0 Å². The Morgan fingerprint density at radius 1 is 1.13 bits per heavy atom. The Balaban J connectivity index is 2.02. The number of hydrogen-bond acceptors (Lipinski definition) is 8. The summed E-state index contributed by atoms with van der Waals surface area (Å²) in [5.41, 5.74) is 0. The molecule has 0 aliphatic rings. The molecule has 2 aromatic carbocycles. The van der Waals surface area contributed by atoms with Crippen molar-refractivity contribution in [3.05, 3.63) is 59.9 Å². The summed E-state index contributed by atoms with van der Waals surface area (Å²) in [5.74, 6) is 1.41. The Morgan fingerprint density at radius 2 is 1.90 bits per heavy atom. The normalized spacial score (nSPS) is 11.1. The van der Waals surface area contributed by atoms with Crippen molar-refractivity contribution in [2.24, 2.45) is 0 Å². The molecule has 0 saturated carbocycles. The third kappa shape index (κ3) is 5.93. The van der Waals surface area contributed by atoms with Crippen LogP contribution in [0.25, 0.3) is 0 Å². The summed E-state index contributed by atoms with van der Waals surface area (Å²) in [4.78, 5) is 8.24. The first-order valence-electron chi connectivity index (χ1n) is 9.00. The number of rotatable bonds is 10. The second kappa shape index (κ2) is 10.6. The van der Waals surface area contributed by atoms with Crippen LogP contribution in [0.4, 0.5) is 5.82 Å². The van der Waals surface area contributed by atoms with Gasteiger partial charge in [0.25, 0.3) is 15.9 Å². The highest BCUT2D eigenvalue weighted by Crippen LogP contribution is 2.40. The molecular formula is C20H20ClN3O5S2. The van der Waals surface area contributed by atoms with Crippen LogP contribution in [0.3, 0.4) is 0 Å². The zero-order chi connectivity index (χ0) is 22.3. The fraction of sp³-hybridized carbons (Fsp3) is 0.200. The predicted octanol–water partition coefficient (Wildman–Crippen LogP) is 4.47. The second-order valence-corrected chi connectivity index (χ2v) is 9.09. The molecule has 0 atom stereocenters. The van der Waals surface area contributed by atoms with Crippen molar-refractivity contribution in [1.29, 1.82) is 0 Å². The number of thioether (sulfide) groups is 1. The lowest BCUT2D eigenvalue weighted by atomic mass is 10.3. The molecule has 0 unspecified atom stereocenters. The van der Waals surface area contributed by atoms with Crippen LogP contribution in [0, 0.1) is 0 Å². The summed E-state index contributed by atoms with van der Waals surface area (Å²) < 4.78 is 44.9. The van der Waals surface area contributed by atoms with Crippen molar-refractivity contribution in [2.75, 3.05) is 30.4 Å². The summed E-state index contributed by atoms with van der Waals surface area (Å²) in [6.45, 7) is 0.339. The molecule has 0 saturated heterocycles. The number of anilines is 1. The van der Waals surface area contributed by atoms with Crippen LogP contribution in [-0.4, -0.2) is 44.1 Å². The van der Waals surface area contributed by atoms with Gasteiger partial charge in [-0.25, -0.2) is 13.4 Å². The SMILES string of the molecule is COc1ccc(Cl)c(Oc2c(NS(=O)(=O)c3ccccc3)ncnc2OCCSC)c1. The first kappa shape index (κ1) is 23.0. The Labute approximate surface area is 190 Å². The molecule has 11 heteroatoms. The van der Waals surface area contributed by atoms with Crippen molar-refractivity contribution in [3.8, 4) is 23.1 Å². The highest BCUT2D eigenvalue weighted by atomic mass is 35.5.